The van der Waals surface area contributed by atoms with Crippen LogP contribution < -0.4 is 4.74 Å². The number of hydrogen-bond acceptors (Lipinski definition) is 4. The summed E-state index contributed by atoms with van der Waals surface area (Å²) in [7, 11) is 0. The van der Waals surface area contributed by atoms with Crippen LogP contribution in [0.2, 0.25) is 0 Å². The Labute approximate surface area is 146 Å². The number of ether oxygens (including phenoxy) is 2. The SMILES string of the molecule is CCOC(=O)N1CCC(=Cc2cccc(Oc3ccccc3)c2)C1=O. The fraction of sp³-hybridized carbons (Fsp3) is 0.200. The molecule has 0 N–H and O–H groups in total. The number of carbonyl (C=O) groups is 2. The van der Waals surface area contributed by atoms with Gasteiger partial charge >= 0.3 is 6.09 Å². The average molecular weight is 337 g/mol. The maximum Gasteiger partial charge on any atom is 0.416 e. The number of nitrogens with zero attached hydrogens (tertiary/aromatic N) is 1. The Balaban J connectivity index is 1.74. The summed E-state index contributed by atoms with van der Waals surface area (Å²) >= 11 is 0. The molecule has 0 spiro atoms. The van der Waals surface area contributed by atoms with Crippen LogP contribution >= 0.6 is 0 Å². The molecule has 1 fully saturated rings. The molecule has 0 aliphatic carbocycles. The summed E-state index contributed by atoms with van der Waals surface area (Å²) in [5, 5.41) is 0. The van der Waals surface area contributed by atoms with Crippen LogP contribution in [0.4, 0.5) is 4.79 Å². The van der Waals surface area contributed by atoms with Gasteiger partial charge in [-0.15, -0.1) is 0 Å². The second kappa shape index (κ2) is 7.66. The molecule has 0 radical (unpaired) electrons. The zero-order valence-electron chi connectivity index (χ0n) is 14.0. The van der Waals surface area contributed by atoms with Gasteiger partial charge in [-0.3, -0.25) is 4.79 Å². The number of likely N-dealkylation sites (tertiary alicyclic amines) is 1. The summed E-state index contributed by atoms with van der Waals surface area (Å²) in [6, 6.07) is 17.0. The molecule has 128 valence electrons. The number of rotatable bonds is 4. The molecule has 1 aliphatic heterocycles. The molecule has 0 aromatic heterocycles. The second-order valence-corrected chi connectivity index (χ2v) is 5.56. The van der Waals surface area contributed by atoms with Crippen LogP contribution in [-0.4, -0.2) is 30.1 Å². The van der Waals surface area contributed by atoms with Gasteiger partial charge < -0.3 is 9.47 Å². The first-order valence-electron chi connectivity index (χ1n) is 8.19. The Bertz CT molecular complexity index is 798. The minimum absolute atomic E-state index is 0.251. The molecule has 2 aromatic rings. The van der Waals surface area contributed by atoms with E-state index >= 15 is 0 Å². The zero-order chi connectivity index (χ0) is 17.6. The van der Waals surface area contributed by atoms with Crippen LogP contribution in [0, 0.1) is 0 Å². The van der Waals surface area contributed by atoms with E-state index in [1.165, 1.54) is 0 Å². The van der Waals surface area contributed by atoms with Crippen molar-refractivity contribution >= 4 is 18.1 Å². The first-order valence-corrected chi connectivity index (χ1v) is 8.19. The highest BCUT2D eigenvalue weighted by Crippen LogP contribution is 2.25. The van der Waals surface area contributed by atoms with Crippen molar-refractivity contribution in [3.05, 3.63) is 65.7 Å². The van der Waals surface area contributed by atoms with E-state index in [-0.39, 0.29) is 12.5 Å². The number of hydrogen-bond donors (Lipinski definition) is 0. The Morgan fingerprint density at radius 3 is 2.64 bits per heavy atom. The Kier molecular flexibility index (Phi) is 5.14. The van der Waals surface area contributed by atoms with Crippen molar-refractivity contribution < 1.29 is 19.1 Å². The summed E-state index contributed by atoms with van der Waals surface area (Å²) in [5.74, 6) is 1.14. The van der Waals surface area contributed by atoms with E-state index in [9.17, 15) is 9.59 Å². The molecule has 0 unspecified atom stereocenters. The third-order valence-corrected chi connectivity index (χ3v) is 3.79. The van der Waals surface area contributed by atoms with Gasteiger partial charge in [0, 0.05) is 12.1 Å². The van der Waals surface area contributed by atoms with E-state index in [4.69, 9.17) is 9.47 Å². The van der Waals surface area contributed by atoms with Crippen molar-refractivity contribution in [1.29, 1.82) is 0 Å². The highest BCUT2D eigenvalue weighted by molar-refractivity contribution is 6.07. The molecule has 2 aromatic carbocycles. The molecule has 1 saturated heterocycles. The minimum Gasteiger partial charge on any atom is -0.457 e. The third kappa shape index (κ3) is 4.07. The molecule has 2 amide bonds. The predicted molar refractivity (Wildman–Crippen MR) is 94.3 cm³/mol. The van der Waals surface area contributed by atoms with Gasteiger partial charge in [-0.2, -0.15) is 0 Å². The van der Waals surface area contributed by atoms with Crippen LogP contribution in [0.15, 0.2) is 60.2 Å². The highest BCUT2D eigenvalue weighted by atomic mass is 16.6. The standard InChI is InChI=1S/C20H19NO4/c1-2-24-20(23)21-12-11-16(19(21)22)13-15-7-6-10-18(14-15)25-17-8-4-3-5-9-17/h3-10,13-14H,2,11-12H2,1H3. The van der Waals surface area contributed by atoms with Gasteiger partial charge in [0.15, 0.2) is 0 Å². The van der Waals surface area contributed by atoms with E-state index in [1.54, 1.807) is 13.0 Å². The van der Waals surface area contributed by atoms with Crippen LogP contribution in [0.1, 0.15) is 18.9 Å². The van der Waals surface area contributed by atoms with Gasteiger partial charge in [0.1, 0.15) is 11.5 Å². The second-order valence-electron chi connectivity index (χ2n) is 5.56. The van der Waals surface area contributed by atoms with Gasteiger partial charge in [-0.05, 0) is 49.2 Å². The molecule has 1 aliphatic rings. The summed E-state index contributed by atoms with van der Waals surface area (Å²) in [6.07, 6.45) is 1.72. The normalized spacial score (nSPS) is 15.5. The Morgan fingerprint density at radius 2 is 1.88 bits per heavy atom. The van der Waals surface area contributed by atoms with E-state index < -0.39 is 6.09 Å². The maximum absolute atomic E-state index is 12.3. The fourth-order valence-electron chi connectivity index (χ4n) is 2.62. The molecule has 5 nitrogen and oxygen atoms in total. The molecular weight excluding hydrogens is 318 g/mol. The Morgan fingerprint density at radius 1 is 1.12 bits per heavy atom. The lowest BCUT2D eigenvalue weighted by atomic mass is 10.1. The van der Waals surface area contributed by atoms with Gasteiger partial charge in [-0.25, -0.2) is 9.69 Å². The first-order chi connectivity index (χ1) is 12.2. The number of amides is 2. The van der Waals surface area contributed by atoms with Crippen molar-refractivity contribution in [2.45, 2.75) is 13.3 Å². The van der Waals surface area contributed by atoms with E-state index in [1.807, 2.05) is 54.6 Å². The van der Waals surface area contributed by atoms with Crippen LogP contribution in [-0.2, 0) is 9.53 Å². The summed E-state index contributed by atoms with van der Waals surface area (Å²) in [6.45, 7) is 2.32. The van der Waals surface area contributed by atoms with E-state index in [0.29, 0.717) is 24.3 Å². The van der Waals surface area contributed by atoms with Gasteiger partial charge in [0.2, 0.25) is 0 Å². The number of imide groups is 1. The first kappa shape index (κ1) is 16.8. The fourth-order valence-corrected chi connectivity index (χ4v) is 2.62. The number of para-hydroxylation sites is 1. The molecule has 25 heavy (non-hydrogen) atoms. The quantitative estimate of drug-likeness (QED) is 0.783. The van der Waals surface area contributed by atoms with Crippen molar-refractivity contribution in [1.82, 2.24) is 4.90 Å². The van der Waals surface area contributed by atoms with Crippen LogP contribution in [0.5, 0.6) is 11.5 Å². The van der Waals surface area contributed by atoms with Crippen molar-refractivity contribution in [2.24, 2.45) is 0 Å². The summed E-state index contributed by atoms with van der Waals surface area (Å²) in [4.78, 5) is 25.2. The topological polar surface area (TPSA) is 55.8 Å². The number of carbonyl (C=O) groups excluding carboxylic acids is 2. The lowest BCUT2D eigenvalue weighted by Crippen LogP contribution is -2.32. The monoisotopic (exact) mass is 337 g/mol. The average Bonchev–Trinajstić information content (AvgIpc) is 2.97. The van der Waals surface area contributed by atoms with Crippen molar-refractivity contribution in [3.63, 3.8) is 0 Å². The lowest BCUT2D eigenvalue weighted by molar-refractivity contribution is -0.123. The molecule has 0 bridgehead atoms. The number of benzene rings is 2. The zero-order valence-corrected chi connectivity index (χ0v) is 14.0. The van der Waals surface area contributed by atoms with Gasteiger partial charge in [0.05, 0.1) is 6.61 Å². The molecule has 1 heterocycles. The van der Waals surface area contributed by atoms with Crippen molar-refractivity contribution in [2.75, 3.05) is 13.2 Å². The van der Waals surface area contributed by atoms with E-state index in [2.05, 4.69) is 0 Å². The molecule has 5 heteroatoms. The molecule has 0 saturated carbocycles. The highest BCUT2D eigenvalue weighted by Gasteiger charge is 2.31. The smallest absolute Gasteiger partial charge is 0.416 e. The maximum atomic E-state index is 12.3. The summed E-state index contributed by atoms with van der Waals surface area (Å²) in [5.41, 5.74) is 1.44. The molecule has 0 atom stereocenters. The van der Waals surface area contributed by atoms with Crippen molar-refractivity contribution in [3.8, 4) is 11.5 Å². The van der Waals surface area contributed by atoms with Crippen LogP contribution in [0.25, 0.3) is 6.08 Å². The van der Waals surface area contributed by atoms with Gasteiger partial charge in [0.25, 0.3) is 5.91 Å². The molecule has 3 rings (SSSR count). The third-order valence-electron chi connectivity index (χ3n) is 3.79. The van der Waals surface area contributed by atoms with E-state index in [0.717, 1.165) is 16.2 Å². The molecular formula is C20H19NO4. The summed E-state index contributed by atoms with van der Waals surface area (Å²) < 4.78 is 10.7. The lowest BCUT2D eigenvalue weighted by Gasteiger charge is -2.11. The minimum atomic E-state index is -0.586. The Hall–Kier alpha value is -3.08. The van der Waals surface area contributed by atoms with Gasteiger partial charge in [-0.1, -0.05) is 30.3 Å². The largest absolute Gasteiger partial charge is 0.457 e. The predicted octanol–water partition coefficient (Wildman–Crippen LogP) is 4.25. The van der Waals surface area contributed by atoms with Crippen LogP contribution in [0.3, 0.4) is 0 Å².